The fourth-order valence-corrected chi connectivity index (χ4v) is 10.4. The number of halogens is 8. The quantitative estimate of drug-likeness (QED) is 0.0403. The molecule has 0 radical (unpaired) electrons. The minimum atomic E-state index is -5.22. The highest BCUT2D eigenvalue weighted by molar-refractivity contribution is 5.87. The lowest BCUT2D eigenvalue weighted by Gasteiger charge is -2.47. The first-order valence-electron chi connectivity index (χ1n) is 26.9. The van der Waals surface area contributed by atoms with Gasteiger partial charge in [0.25, 0.3) is 5.91 Å². The van der Waals surface area contributed by atoms with Gasteiger partial charge >= 0.3 is 24.5 Å². The molecular weight excluding hydrogens is 1110 g/mol. The number of methoxy groups -OCH3 is 1. The van der Waals surface area contributed by atoms with Crippen LogP contribution in [0, 0.1) is 34.3 Å². The number of benzene rings is 2. The van der Waals surface area contributed by atoms with Gasteiger partial charge in [-0.05, 0) is 101 Å². The predicted molar refractivity (Wildman–Crippen MR) is 283 cm³/mol. The van der Waals surface area contributed by atoms with Gasteiger partial charge in [0.2, 0.25) is 5.91 Å². The molecule has 2 aromatic carbocycles. The number of nitrogens with zero attached hydrogens (tertiary/aromatic N) is 6. The Morgan fingerprint density at radius 1 is 0.795 bits per heavy atom. The van der Waals surface area contributed by atoms with Crippen LogP contribution in [0.5, 0.6) is 0 Å². The molecule has 0 unspecified atom stereocenters. The van der Waals surface area contributed by atoms with Crippen LogP contribution in [0.3, 0.4) is 0 Å². The Morgan fingerprint density at radius 2 is 1.42 bits per heavy atom. The molecule has 0 aliphatic carbocycles. The van der Waals surface area contributed by atoms with E-state index >= 15 is 8.78 Å². The van der Waals surface area contributed by atoms with E-state index in [0.717, 1.165) is 71.3 Å². The van der Waals surface area contributed by atoms with Crippen LogP contribution in [0.2, 0.25) is 0 Å². The number of fused-ring (bicyclic) bond motifs is 2. The van der Waals surface area contributed by atoms with Crippen LogP contribution in [-0.4, -0.2) is 169 Å². The Hall–Kier alpha value is -7.12. The van der Waals surface area contributed by atoms with E-state index in [1.807, 2.05) is 22.8 Å². The van der Waals surface area contributed by atoms with Crippen molar-refractivity contribution in [2.45, 2.75) is 121 Å². The van der Waals surface area contributed by atoms with E-state index in [2.05, 4.69) is 42.2 Å². The third-order valence-corrected chi connectivity index (χ3v) is 15.8. The molecule has 5 N–H and O–H groups in total. The van der Waals surface area contributed by atoms with E-state index in [-0.39, 0.29) is 17.3 Å². The number of hydrogen-bond donors (Lipinski definition) is 5. The number of alkyl carbamates (subject to hydrolysis) is 2. The highest BCUT2D eigenvalue weighted by Gasteiger charge is 2.58. The Labute approximate surface area is 473 Å². The molecule has 7 atom stereocenters. The number of alkyl halides is 6. The molecule has 8 rings (SSSR count). The van der Waals surface area contributed by atoms with Crippen molar-refractivity contribution >= 4 is 29.8 Å². The number of hydrazine groups is 1. The minimum absolute atomic E-state index is 0.0302. The van der Waals surface area contributed by atoms with Crippen LogP contribution >= 0.6 is 0 Å². The van der Waals surface area contributed by atoms with E-state index in [9.17, 15) is 50.6 Å². The second-order valence-corrected chi connectivity index (χ2v) is 22.2. The summed E-state index contributed by atoms with van der Waals surface area (Å²) >= 11 is 0. The summed E-state index contributed by atoms with van der Waals surface area (Å²) in [5.74, 6) is 1.26. The maximum absolute atomic E-state index is 16.3. The highest BCUT2D eigenvalue weighted by atomic mass is 19.4. The normalized spacial score (nSPS) is 20.1. The summed E-state index contributed by atoms with van der Waals surface area (Å²) in [7, 11) is 1.86. The van der Waals surface area contributed by atoms with Gasteiger partial charge in [-0.15, -0.1) is 0 Å². The zero-order chi connectivity index (χ0) is 60.2. The lowest BCUT2D eigenvalue weighted by atomic mass is 9.82. The third-order valence-electron chi connectivity index (χ3n) is 15.8. The molecule has 4 aliphatic rings. The van der Waals surface area contributed by atoms with Gasteiger partial charge in [-0.25, -0.2) is 28.4 Å². The van der Waals surface area contributed by atoms with Crippen molar-refractivity contribution in [3.63, 3.8) is 0 Å². The fraction of sp³-hybridized carbons (Fsp3) is 0.536. The van der Waals surface area contributed by atoms with Gasteiger partial charge in [-0.1, -0.05) is 24.0 Å². The topological polar surface area (TPSA) is 214 Å². The van der Waals surface area contributed by atoms with Crippen LogP contribution in [0.25, 0.3) is 11.3 Å². The summed E-state index contributed by atoms with van der Waals surface area (Å²) in [5, 5.41) is 23.4. The van der Waals surface area contributed by atoms with Gasteiger partial charge in [-0.2, -0.15) is 31.4 Å². The van der Waals surface area contributed by atoms with Gasteiger partial charge in [-0.3, -0.25) is 24.6 Å². The van der Waals surface area contributed by atoms with Gasteiger partial charge in [0.15, 0.2) is 6.10 Å². The molecule has 450 valence electrons. The van der Waals surface area contributed by atoms with E-state index in [1.54, 1.807) is 29.2 Å². The summed E-state index contributed by atoms with van der Waals surface area (Å²) in [6.07, 6.45) is -12.4. The van der Waals surface area contributed by atoms with Crippen molar-refractivity contribution in [1.29, 1.82) is 0 Å². The summed E-state index contributed by atoms with van der Waals surface area (Å²) in [6.45, 7) is 4.32. The van der Waals surface area contributed by atoms with Crippen LogP contribution in [0.1, 0.15) is 75.3 Å². The van der Waals surface area contributed by atoms with E-state index < -0.39 is 108 Å². The Bertz CT molecular complexity index is 2980. The molecule has 2 aromatic heterocycles. The lowest BCUT2D eigenvalue weighted by Crippen LogP contribution is -2.62. The second kappa shape index (κ2) is 25.4. The summed E-state index contributed by atoms with van der Waals surface area (Å²) in [5.41, 5.74) is -3.32. The lowest BCUT2D eigenvalue weighted by molar-refractivity contribution is -0.239. The maximum Gasteiger partial charge on any atom is 0.407 e. The van der Waals surface area contributed by atoms with Crippen molar-refractivity contribution < 1.29 is 78.4 Å². The smallest absolute Gasteiger partial charge is 0.407 e. The predicted octanol–water partition coefficient (Wildman–Crippen LogP) is 6.18. The number of anilines is 1. The summed E-state index contributed by atoms with van der Waals surface area (Å²) in [6, 6.07) is 10.4. The number of carbonyl (C=O) groups is 4. The highest BCUT2D eigenvalue weighted by Crippen LogP contribution is 2.43. The first-order valence-corrected chi connectivity index (χ1v) is 26.9. The number of aliphatic hydroxyl groups excluding tert-OH is 1. The zero-order valence-electron chi connectivity index (χ0n) is 46.4. The Kier molecular flexibility index (Phi) is 18.9. The van der Waals surface area contributed by atoms with Crippen LogP contribution in [0.15, 0.2) is 67.0 Å². The van der Waals surface area contributed by atoms with E-state index in [1.165, 1.54) is 18.2 Å². The molecule has 0 saturated carbocycles. The number of hydrogen-bond acceptors (Lipinski definition) is 14. The Balaban J connectivity index is 1.08. The van der Waals surface area contributed by atoms with Crippen molar-refractivity contribution in [3.05, 3.63) is 101 Å². The molecule has 6 heterocycles. The fourth-order valence-electron chi connectivity index (χ4n) is 10.4. The third kappa shape index (κ3) is 14.3. The number of nitrogens with one attached hydrogen (secondary N) is 4. The van der Waals surface area contributed by atoms with Crippen LogP contribution in [-0.2, 0) is 41.5 Å². The molecule has 4 saturated heterocycles. The number of amides is 4. The largest absolute Gasteiger partial charge is 0.453 e. The monoisotopic (exact) mass is 1170 g/mol. The molecule has 0 spiro atoms. The number of piperazine rings is 1. The van der Waals surface area contributed by atoms with Gasteiger partial charge in [0, 0.05) is 86.6 Å². The molecular formula is C56H66F8N10O9. The molecule has 2 bridgehead atoms. The first kappa shape index (κ1) is 61.9. The van der Waals surface area contributed by atoms with Crippen molar-refractivity contribution in [1.82, 2.24) is 46.0 Å². The molecule has 4 fully saturated rings. The standard InChI is InChI=1S/C56H66F8N10O9/c1-53(2,55(59,60)61)47(68-52(79)80-6)49(76)67-44(21-33-10-7-32(8-11-33)9-12-34-13-16-46(66-24-34)71-25-36-14-15-37(26-71)74(36)39-30-82-31-39)45(75)28-72(70-50(77)48(83-51(78)65-5)54(3,4)56(62,63)64)27-40-41(57)22-35(23-42(40)58)43-17-19-73(69-43)38-18-20-81-29-38/h7-8,10-11,13,16-17,19,22-24,36-39,44-45,47-48,75H,14-15,18,20-21,25-31H2,1-6H3,(H,65,78)(H,67,76)(H,68,79)(H,70,77)/t36-,37-,38-,44-,45-,47+,48+/m0/s1. The Morgan fingerprint density at radius 3 is 1.98 bits per heavy atom. The molecule has 4 amide bonds. The molecule has 4 aliphatic heterocycles. The van der Waals surface area contributed by atoms with Crippen molar-refractivity contribution in [2.75, 3.05) is 65.1 Å². The number of aromatic nitrogens is 3. The summed E-state index contributed by atoms with van der Waals surface area (Å²) in [4.78, 5) is 62.7. The summed E-state index contributed by atoms with van der Waals surface area (Å²) < 4.78 is 142. The van der Waals surface area contributed by atoms with Gasteiger partial charge < -0.3 is 44.9 Å². The SMILES string of the molecule is CNC(=O)O[C@H](C(=O)NN(Cc1c(F)cc(-c2ccn([C@H]3CCOC3)n2)cc1F)C[C@H](O)[C@H](Cc1ccc(C#Cc2ccc(N3C[C@@H]4CC[C@@H](C3)N4C3COC3)nc2)cc1)NC(=O)[C@@H](NC(=O)OC)C(C)(C)C(F)(F)F)C(C)(C)C(F)(F)F. The van der Waals surface area contributed by atoms with Crippen LogP contribution in [0.4, 0.5) is 50.5 Å². The van der Waals surface area contributed by atoms with E-state index in [4.69, 9.17) is 19.2 Å². The second-order valence-electron chi connectivity index (χ2n) is 22.2. The van der Waals surface area contributed by atoms with Crippen molar-refractivity contribution in [3.8, 4) is 23.1 Å². The van der Waals surface area contributed by atoms with Crippen LogP contribution < -0.4 is 26.3 Å². The molecule has 83 heavy (non-hydrogen) atoms. The average Bonchev–Trinajstić information content (AvgIpc) is 3.52. The van der Waals surface area contributed by atoms with Crippen molar-refractivity contribution in [2.24, 2.45) is 10.8 Å². The maximum atomic E-state index is 16.3. The number of rotatable bonds is 19. The number of aliphatic hydroxyl groups is 1. The number of pyridine rings is 1. The molecule has 19 nitrogen and oxygen atoms in total. The van der Waals surface area contributed by atoms with E-state index in [0.29, 0.717) is 87.2 Å². The molecule has 4 aromatic rings. The first-order chi connectivity index (χ1) is 39.2. The zero-order valence-corrected chi connectivity index (χ0v) is 46.4. The van der Waals surface area contributed by atoms with Gasteiger partial charge in [0.1, 0.15) is 28.9 Å². The van der Waals surface area contributed by atoms with Gasteiger partial charge in [0.05, 0.1) is 62.3 Å². The number of ether oxygens (including phenoxy) is 4. The average molecular weight is 1180 g/mol. The minimum Gasteiger partial charge on any atom is -0.453 e. The molecule has 27 heteroatoms. The number of carbonyl (C=O) groups excluding carboxylic acids is 4.